The largest absolute Gasteiger partial charge is 0.493 e. The van der Waals surface area contributed by atoms with Crippen LogP contribution in [0.3, 0.4) is 0 Å². The molecular weight excluding hydrogens is 504 g/mol. The minimum Gasteiger partial charge on any atom is -0.493 e. The van der Waals surface area contributed by atoms with Gasteiger partial charge in [0.15, 0.2) is 16.7 Å². The zero-order valence-electron chi connectivity index (χ0n) is 18.9. The highest BCUT2D eigenvalue weighted by atomic mass is 35.5. The Balaban J connectivity index is 1.44. The number of carboxylic acid groups (broad SMARTS) is 1. The molecule has 0 aliphatic carbocycles. The van der Waals surface area contributed by atoms with Crippen LogP contribution in [0.5, 0.6) is 11.5 Å². The maximum atomic E-state index is 12.4. The third kappa shape index (κ3) is 6.12. The van der Waals surface area contributed by atoms with Gasteiger partial charge in [0, 0.05) is 10.6 Å². The van der Waals surface area contributed by atoms with Crippen molar-refractivity contribution in [1.29, 1.82) is 0 Å². The van der Waals surface area contributed by atoms with Crippen LogP contribution in [0.4, 0.5) is 0 Å². The third-order valence-corrected chi connectivity index (χ3v) is 6.19. The number of ether oxygens (including phenoxy) is 2. The molecule has 1 aliphatic heterocycles. The van der Waals surface area contributed by atoms with Gasteiger partial charge in [-0.3, -0.25) is 9.59 Å². The van der Waals surface area contributed by atoms with Gasteiger partial charge in [0.25, 0.3) is 11.8 Å². The molecule has 36 heavy (non-hydrogen) atoms. The fourth-order valence-electron chi connectivity index (χ4n) is 3.18. The molecule has 0 radical (unpaired) electrons. The van der Waals surface area contributed by atoms with Gasteiger partial charge in [0.2, 0.25) is 0 Å². The van der Waals surface area contributed by atoms with E-state index in [2.05, 4.69) is 10.3 Å². The number of nitrogens with zero attached hydrogens (tertiary/aromatic N) is 1. The Hall–Kier alpha value is -4.08. The monoisotopic (exact) mass is 522 g/mol. The van der Waals surface area contributed by atoms with E-state index in [1.165, 1.54) is 19.2 Å². The summed E-state index contributed by atoms with van der Waals surface area (Å²) in [4.78, 5) is 40.1. The number of benzene rings is 3. The quantitative estimate of drug-likeness (QED) is 0.418. The standard InChI is InChI=1S/C26H19ClN2O6S/c1-34-21-12-16(4-11-20(21)35-14-15-2-5-18(6-3-15)25(32)33)13-22-24(31)29-26(36-22)28-23(30)17-7-9-19(27)10-8-17/h2-13H,14H2,1H3,(H,32,33)(H,28,29,30,31)/b22-13-. The van der Waals surface area contributed by atoms with E-state index in [1.54, 1.807) is 60.7 Å². The zero-order valence-corrected chi connectivity index (χ0v) is 20.4. The molecular formula is C26H19ClN2O6S. The van der Waals surface area contributed by atoms with Crippen molar-refractivity contribution in [3.63, 3.8) is 0 Å². The molecule has 10 heteroatoms. The fourth-order valence-corrected chi connectivity index (χ4v) is 4.12. The summed E-state index contributed by atoms with van der Waals surface area (Å²) in [6.07, 6.45) is 1.66. The summed E-state index contributed by atoms with van der Waals surface area (Å²) in [6.45, 7) is 0.219. The van der Waals surface area contributed by atoms with Crippen LogP contribution < -0.4 is 14.8 Å². The number of aromatic carboxylic acids is 1. The maximum absolute atomic E-state index is 12.4. The van der Waals surface area contributed by atoms with Crippen molar-refractivity contribution in [1.82, 2.24) is 5.32 Å². The Kier molecular flexibility index (Phi) is 7.72. The number of aliphatic imine (C=N–C) groups is 1. The van der Waals surface area contributed by atoms with E-state index in [4.69, 9.17) is 26.2 Å². The van der Waals surface area contributed by atoms with E-state index >= 15 is 0 Å². The molecule has 0 spiro atoms. The summed E-state index contributed by atoms with van der Waals surface area (Å²) < 4.78 is 11.3. The summed E-state index contributed by atoms with van der Waals surface area (Å²) in [5, 5.41) is 12.3. The molecule has 3 aromatic rings. The first-order valence-corrected chi connectivity index (χ1v) is 11.7. The zero-order chi connectivity index (χ0) is 25.7. The van der Waals surface area contributed by atoms with Crippen LogP contribution in [0.1, 0.15) is 31.8 Å². The Morgan fingerprint density at radius 2 is 1.72 bits per heavy atom. The first-order chi connectivity index (χ1) is 17.3. The molecule has 182 valence electrons. The van der Waals surface area contributed by atoms with Crippen molar-refractivity contribution >= 4 is 52.4 Å². The lowest BCUT2D eigenvalue weighted by molar-refractivity contribution is -0.115. The van der Waals surface area contributed by atoms with Gasteiger partial charge < -0.3 is 19.9 Å². The summed E-state index contributed by atoms with van der Waals surface area (Å²) in [5.41, 5.74) is 2.04. The molecule has 0 atom stereocenters. The Bertz CT molecular complexity index is 1380. The second-order valence-electron chi connectivity index (χ2n) is 7.49. The summed E-state index contributed by atoms with van der Waals surface area (Å²) in [6, 6.07) is 17.9. The van der Waals surface area contributed by atoms with Crippen LogP contribution in [0.15, 0.2) is 76.6 Å². The van der Waals surface area contributed by atoms with Gasteiger partial charge in [0.1, 0.15) is 6.61 Å². The van der Waals surface area contributed by atoms with Crippen LogP contribution in [0, 0.1) is 0 Å². The fraction of sp³-hybridized carbons (Fsp3) is 0.0769. The highest BCUT2D eigenvalue weighted by molar-refractivity contribution is 8.18. The van der Waals surface area contributed by atoms with Gasteiger partial charge >= 0.3 is 5.97 Å². The van der Waals surface area contributed by atoms with E-state index in [0.717, 1.165) is 17.3 Å². The third-order valence-electron chi connectivity index (χ3n) is 5.03. The molecule has 0 saturated carbocycles. The molecule has 0 bridgehead atoms. The number of carboxylic acids is 1. The highest BCUT2D eigenvalue weighted by Crippen LogP contribution is 2.32. The lowest BCUT2D eigenvalue weighted by atomic mass is 10.1. The van der Waals surface area contributed by atoms with Gasteiger partial charge in [-0.25, -0.2) is 4.79 Å². The number of carbonyl (C=O) groups is 3. The number of hydrogen-bond donors (Lipinski definition) is 2. The predicted octanol–water partition coefficient (Wildman–Crippen LogP) is 5.03. The van der Waals surface area contributed by atoms with Crippen molar-refractivity contribution in [3.05, 3.63) is 98.9 Å². The van der Waals surface area contributed by atoms with E-state index in [-0.39, 0.29) is 23.2 Å². The number of amides is 2. The number of amidine groups is 1. The maximum Gasteiger partial charge on any atom is 0.335 e. The molecule has 4 rings (SSSR count). The van der Waals surface area contributed by atoms with Gasteiger partial charge in [0.05, 0.1) is 17.6 Å². The van der Waals surface area contributed by atoms with E-state index in [9.17, 15) is 14.4 Å². The van der Waals surface area contributed by atoms with Gasteiger partial charge in [-0.05, 0) is 77.5 Å². The number of hydrogen-bond acceptors (Lipinski definition) is 6. The second-order valence-corrected chi connectivity index (χ2v) is 8.96. The van der Waals surface area contributed by atoms with Gasteiger partial charge in [-0.2, -0.15) is 4.99 Å². The van der Waals surface area contributed by atoms with Crippen molar-refractivity contribution < 1.29 is 29.0 Å². The lowest BCUT2D eigenvalue weighted by Crippen LogP contribution is -2.20. The van der Waals surface area contributed by atoms with Crippen LogP contribution in [0.2, 0.25) is 5.02 Å². The molecule has 0 aromatic heterocycles. The minimum atomic E-state index is -0.991. The van der Waals surface area contributed by atoms with Crippen molar-refractivity contribution in [2.75, 3.05) is 7.11 Å². The number of rotatable bonds is 7. The average molecular weight is 523 g/mol. The number of halogens is 1. The van der Waals surface area contributed by atoms with Crippen molar-refractivity contribution in [2.24, 2.45) is 4.99 Å². The normalized spacial score (nSPS) is 15.1. The summed E-state index contributed by atoms with van der Waals surface area (Å²) in [7, 11) is 1.50. The SMILES string of the molecule is COc1cc(/C=C2\SC(=NC(=O)c3ccc(Cl)cc3)NC2=O)ccc1OCc1ccc(C(=O)O)cc1. The molecule has 2 N–H and O–H groups in total. The molecule has 2 amide bonds. The summed E-state index contributed by atoms with van der Waals surface area (Å²) in [5.74, 6) is -0.902. The van der Waals surface area contributed by atoms with Gasteiger partial charge in [-0.1, -0.05) is 29.8 Å². The molecule has 0 unspecified atom stereocenters. The number of methoxy groups -OCH3 is 1. The molecule has 1 saturated heterocycles. The van der Waals surface area contributed by atoms with E-state index in [0.29, 0.717) is 32.6 Å². The van der Waals surface area contributed by atoms with Gasteiger partial charge in [-0.15, -0.1) is 0 Å². The van der Waals surface area contributed by atoms with Crippen LogP contribution in [0.25, 0.3) is 6.08 Å². The first-order valence-electron chi connectivity index (χ1n) is 10.5. The van der Waals surface area contributed by atoms with E-state index < -0.39 is 11.9 Å². The smallest absolute Gasteiger partial charge is 0.335 e. The molecule has 1 aliphatic rings. The summed E-state index contributed by atoms with van der Waals surface area (Å²) >= 11 is 6.90. The molecule has 8 nitrogen and oxygen atoms in total. The van der Waals surface area contributed by atoms with Crippen molar-refractivity contribution in [3.8, 4) is 11.5 Å². The number of carbonyl (C=O) groups excluding carboxylic acids is 2. The molecule has 1 heterocycles. The topological polar surface area (TPSA) is 114 Å². The average Bonchev–Trinajstić information content (AvgIpc) is 3.21. The second kappa shape index (κ2) is 11.1. The number of thioether (sulfide) groups is 1. The van der Waals surface area contributed by atoms with Crippen LogP contribution in [-0.2, 0) is 11.4 Å². The van der Waals surface area contributed by atoms with E-state index in [1.807, 2.05) is 0 Å². The first kappa shape index (κ1) is 25.0. The Morgan fingerprint density at radius 1 is 1.03 bits per heavy atom. The predicted molar refractivity (Wildman–Crippen MR) is 138 cm³/mol. The lowest BCUT2D eigenvalue weighted by Gasteiger charge is -2.11. The van der Waals surface area contributed by atoms with Crippen LogP contribution >= 0.6 is 23.4 Å². The highest BCUT2D eigenvalue weighted by Gasteiger charge is 2.25. The Labute approximate surface area is 215 Å². The minimum absolute atomic E-state index is 0.187. The van der Waals surface area contributed by atoms with Crippen molar-refractivity contribution in [2.45, 2.75) is 6.61 Å². The van der Waals surface area contributed by atoms with Crippen LogP contribution in [-0.4, -0.2) is 35.2 Å². The molecule has 1 fully saturated rings. The Morgan fingerprint density at radius 3 is 2.39 bits per heavy atom. The number of nitrogens with one attached hydrogen (secondary N) is 1. The molecule has 3 aromatic carbocycles.